The van der Waals surface area contributed by atoms with Gasteiger partial charge in [-0.15, -0.1) is 0 Å². The van der Waals surface area contributed by atoms with E-state index in [0.29, 0.717) is 11.1 Å². The monoisotopic (exact) mass is 850 g/mol. The van der Waals surface area contributed by atoms with Crippen LogP contribution < -0.4 is 9.80 Å². The molecule has 10 aromatic carbocycles. The number of hydrogen-bond donors (Lipinski definition) is 0. The molecule has 0 spiro atoms. The Morgan fingerprint density at radius 2 is 0.712 bits per heavy atom. The SMILES string of the molecule is Cc1ccc(-c2ccccc2)cc1N(c1ccccc1C#N)c1cc(C(C)C)c2ccc3c(N(c4cc(-c5ccccc5)ccc4C)c4ccccc4C#N)cc(C(C)C)c4ccc1c2c43. The lowest BCUT2D eigenvalue weighted by Gasteiger charge is -2.33. The van der Waals surface area contributed by atoms with Crippen LogP contribution in [0.2, 0.25) is 0 Å². The summed E-state index contributed by atoms with van der Waals surface area (Å²) in [6, 6.07) is 69.3. The van der Waals surface area contributed by atoms with Gasteiger partial charge in [-0.05, 0) is 140 Å². The summed E-state index contributed by atoms with van der Waals surface area (Å²) in [7, 11) is 0. The van der Waals surface area contributed by atoms with Gasteiger partial charge in [0.1, 0.15) is 12.1 Å². The fraction of sp³-hybridized carbons (Fsp3) is 0.129. The van der Waals surface area contributed by atoms with E-state index in [1.165, 1.54) is 32.7 Å². The van der Waals surface area contributed by atoms with Gasteiger partial charge in [0.25, 0.3) is 0 Å². The Bertz CT molecular complexity index is 3300. The van der Waals surface area contributed by atoms with Gasteiger partial charge in [-0.2, -0.15) is 10.5 Å². The Morgan fingerprint density at radius 1 is 0.348 bits per heavy atom. The highest BCUT2D eigenvalue weighted by Gasteiger charge is 2.28. The maximum absolute atomic E-state index is 10.7. The lowest BCUT2D eigenvalue weighted by Crippen LogP contribution is -2.15. The maximum atomic E-state index is 10.7. The highest BCUT2D eigenvalue weighted by atomic mass is 15.2. The molecule has 0 heterocycles. The van der Waals surface area contributed by atoms with Crippen LogP contribution in [0.3, 0.4) is 0 Å². The van der Waals surface area contributed by atoms with Crippen molar-refractivity contribution in [3.63, 3.8) is 0 Å². The van der Waals surface area contributed by atoms with E-state index in [1.54, 1.807) is 0 Å². The summed E-state index contributed by atoms with van der Waals surface area (Å²) in [4.78, 5) is 4.66. The first-order valence-corrected chi connectivity index (χ1v) is 22.9. The van der Waals surface area contributed by atoms with Crippen molar-refractivity contribution < 1.29 is 0 Å². The standard InChI is InChI=1S/C62H50N4/c1-39(2)53-35-59(65(55-23-15-13-21-47(55)37-63)57-33-45(27-25-41(57)5)43-17-9-7-10-18-43)51-32-30-50-54(40(3)4)36-60(52-31-29-49(53)61(51)62(50)52)66(56-24-16-14-22-48(56)38-64)58-34-46(28-26-42(58)6)44-19-11-8-12-20-44/h7-36,39-40H,1-6H3. The van der Waals surface area contributed by atoms with Gasteiger partial charge in [0.2, 0.25) is 0 Å². The van der Waals surface area contributed by atoms with Gasteiger partial charge in [0.05, 0.1) is 33.9 Å². The molecular weight excluding hydrogens is 801 g/mol. The second-order valence-electron chi connectivity index (χ2n) is 18.0. The Kier molecular flexibility index (Phi) is 10.8. The molecular formula is C62H50N4. The van der Waals surface area contributed by atoms with Crippen molar-refractivity contribution in [2.45, 2.75) is 53.4 Å². The van der Waals surface area contributed by atoms with Gasteiger partial charge in [-0.3, -0.25) is 0 Å². The third kappa shape index (κ3) is 7.09. The van der Waals surface area contributed by atoms with Crippen molar-refractivity contribution in [1.29, 1.82) is 10.5 Å². The molecule has 0 amide bonds. The molecule has 4 nitrogen and oxygen atoms in total. The molecule has 66 heavy (non-hydrogen) atoms. The molecule has 0 fully saturated rings. The number of nitrogens with zero attached hydrogens (tertiary/aromatic N) is 4. The summed E-state index contributed by atoms with van der Waals surface area (Å²) in [6.07, 6.45) is 0. The number of aryl methyl sites for hydroxylation is 2. The van der Waals surface area contributed by atoms with Crippen LogP contribution in [0.1, 0.15) is 72.9 Å². The third-order valence-electron chi connectivity index (χ3n) is 13.3. The highest BCUT2D eigenvalue weighted by Crippen LogP contribution is 2.52. The highest BCUT2D eigenvalue weighted by molar-refractivity contribution is 6.29. The van der Waals surface area contributed by atoms with Gasteiger partial charge in [0, 0.05) is 22.1 Å². The molecule has 0 aliphatic carbocycles. The van der Waals surface area contributed by atoms with Crippen molar-refractivity contribution in [3.8, 4) is 34.4 Å². The molecule has 0 atom stereocenters. The van der Waals surface area contributed by atoms with E-state index in [-0.39, 0.29) is 11.8 Å². The Balaban J connectivity index is 1.34. The number of benzene rings is 10. The largest absolute Gasteiger partial charge is 0.308 e. The molecule has 4 heteroatoms. The van der Waals surface area contributed by atoms with Crippen molar-refractivity contribution >= 4 is 66.4 Å². The Labute approximate surface area is 388 Å². The van der Waals surface area contributed by atoms with E-state index >= 15 is 0 Å². The maximum Gasteiger partial charge on any atom is 0.101 e. The second kappa shape index (κ2) is 17.1. The van der Waals surface area contributed by atoms with Crippen molar-refractivity contribution in [2.75, 3.05) is 9.80 Å². The fourth-order valence-electron chi connectivity index (χ4n) is 9.96. The summed E-state index contributed by atoms with van der Waals surface area (Å²) in [5.74, 6) is 0.370. The van der Waals surface area contributed by atoms with Crippen LogP contribution in [0.4, 0.5) is 34.1 Å². The van der Waals surface area contributed by atoms with Crippen LogP contribution in [0, 0.1) is 36.5 Å². The zero-order valence-electron chi connectivity index (χ0n) is 38.3. The van der Waals surface area contributed by atoms with E-state index in [2.05, 4.69) is 197 Å². The normalized spacial score (nSPS) is 11.4. The third-order valence-corrected chi connectivity index (χ3v) is 13.3. The number of para-hydroxylation sites is 2. The van der Waals surface area contributed by atoms with Crippen LogP contribution in [0.15, 0.2) is 182 Å². The minimum Gasteiger partial charge on any atom is -0.308 e. The van der Waals surface area contributed by atoms with Crippen LogP contribution >= 0.6 is 0 Å². The molecule has 318 valence electrons. The van der Waals surface area contributed by atoms with E-state index in [0.717, 1.165) is 78.3 Å². The predicted octanol–water partition coefficient (Wildman–Crippen LogP) is 17.5. The van der Waals surface area contributed by atoms with E-state index < -0.39 is 0 Å². The van der Waals surface area contributed by atoms with Gasteiger partial charge >= 0.3 is 0 Å². The molecule has 0 aliphatic heterocycles. The number of rotatable bonds is 10. The van der Waals surface area contributed by atoms with Crippen LogP contribution in [-0.4, -0.2) is 0 Å². The van der Waals surface area contributed by atoms with Crippen LogP contribution in [0.25, 0.3) is 54.6 Å². The van der Waals surface area contributed by atoms with Crippen molar-refractivity contribution in [1.82, 2.24) is 0 Å². The molecule has 0 N–H and O–H groups in total. The molecule has 10 aromatic rings. The van der Waals surface area contributed by atoms with Gasteiger partial charge in [-0.25, -0.2) is 0 Å². The average molecular weight is 851 g/mol. The van der Waals surface area contributed by atoms with Crippen LogP contribution in [0.5, 0.6) is 0 Å². The Hall–Kier alpha value is -8.18. The Morgan fingerprint density at radius 3 is 1.09 bits per heavy atom. The lowest BCUT2D eigenvalue weighted by molar-refractivity contribution is 0.875. The molecule has 0 radical (unpaired) electrons. The summed E-state index contributed by atoms with van der Waals surface area (Å²) in [5.41, 5.74) is 16.1. The van der Waals surface area contributed by atoms with E-state index in [9.17, 15) is 10.5 Å². The number of nitriles is 2. The summed E-state index contributed by atoms with van der Waals surface area (Å²) in [6.45, 7) is 13.4. The van der Waals surface area contributed by atoms with Gasteiger partial charge in [0.15, 0.2) is 0 Å². The summed E-state index contributed by atoms with van der Waals surface area (Å²) >= 11 is 0. The molecule has 0 aromatic heterocycles. The van der Waals surface area contributed by atoms with Gasteiger partial charge < -0.3 is 9.80 Å². The molecule has 0 unspecified atom stereocenters. The molecule has 0 saturated carbocycles. The lowest BCUT2D eigenvalue weighted by atomic mass is 9.83. The van der Waals surface area contributed by atoms with E-state index in [4.69, 9.17) is 0 Å². The van der Waals surface area contributed by atoms with Crippen molar-refractivity contribution in [3.05, 3.63) is 215 Å². The minimum absolute atomic E-state index is 0.185. The summed E-state index contributed by atoms with van der Waals surface area (Å²) in [5, 5.41) is 28.5. The summed E-state index contributed by atoms with van der Waals surface area (Å²) < 4.78 is 0. The predicted molar refractivity (Wildman–Crippen MR) is 277 cm³/mol. The molecule has 0 aliphatic rings. The van der Waals surface area contributed by atoms with Crippen molar-refractivity contribution in [2.24, 2.45) is 0 Å². The van der Waals surface area contributed by atoms with E-state index in [1.807, 2.05) is 48.5 Å². The molecule has 0 saturated heterocycles. The molecule has 0 bridgehead atoms. The zero-order chi connectivity index (χ0) is 45.6. The zero-order valence-corrected chi connectivity index (χ0v) is 38.3. The average Bonchev–Trinajstić information content (AvgIpc) is 3.35. The van der Waals surface area contributed by atoms with Crippen LogP contribution in [-0.2, 0) is 0 Å². The fourth-order valence-corrected chi connectivity index (χ4v) is 9.96. The second-order valence-corrected chi connectivity index (χ2v) is 18.0. The van der Waals surface area contributed by atoms with Gasteiger partial charge in [-0.1, -0.05) is 161 Å². The topological polar surface area (TPSA) is 54.1 Å². The smallest absolute Gasteiger partial charge is 0.101 e. The quantitative estimate of drug-likeness (QED) is 0.129. The first-order chi connectivity index (χ1) is 32.2. The first kappa shape index (κ1) is 41.8. The molecule has 10 rings (SSSR count). The minimum atomic E-state index is 0.185. The number of anilines is 6. The number of hydrogen-bond acceptors (Lipinski definition) is 4. The first-order valence-electron chi connectivity index (χ1n) is 22.9.